The largest absolute Gasteiger partial charge is 0.460 e. The molecule has 0 spiro atoms. The van der Waals surface area contributed by atoms with Crippen LogP contribution in [0.15, 0.2) is 36.7 Å². The molecule has 2 atom stereocenters. The fraction of sp³-hybridized carbons (Fsp3) is 0.545. The van der Waals surface area contributed by atoms with Crippen molar-refractivity contribution < 1.29 is 19.1 Å². The van der Waals surface area contributed by atoms with Crippen molar-refractivity contribution in [2.24, 2.45) is 5.92 Å². The molecule has 0 bridgehead atoms. The lowest BCUT2D eigenvalue weighted by molar-refractivity contribution is -0.154. The van der Waals surface area contributed by atoms with Gasteiger partial charge in [0.25, 0.3) is 0 Å². The minimum atomic E-state index is -0.680. The second-order valence-electron chi connectivity index (χ2n) is 13.4. The number of anilines is 1. The van der Waals surface area contributed by atoms with E-state index in [4.69, 9.17) is 4.74 Å². The molecule has 1 saturated carbocycles. The van der Waals surface area contributed by atoms with E-state index in [-0.39, 0.29) is 18.4 Å². The first kappa shape index (κ1) is 30.7. The van der Waals surface area contributed by atoms with Crippen molar-refractivity contribution in [3.05, 3.63) is 53.5 Å². The molecule has 1 aliphatic heterocycles. The Labute approximate surface area is 253 Å². The van der Waals surface area contributed by atoms with Crippen LogP contribution in [-0.4, -0.2) is 75.1 Å². The molecule has 1 aliphatic carbocycles. The predicted molar refractivity (Wildman–Crippen MR) is 166 cm³/mol. The Kier molecular flexibility index (Phi) is 8.87. The van der Waals surface area contributed by atoms with Gasteiger partial charge in [-0.15, -0.1) is 0 Å². The van der Waals surface area contributed by atoms with Crippen LogP contribution in [-0.2, 0) is 32.1 Å². The molecule has 1 aromatic carbocycles. The summed E-state index contributed by atoms with van der Waals surface area (Å²) in [6.45, 7) is 9.82. The molecule has 0 unspecified atom stereocenters. The maximum absolute atomic E-state index is 13.6. The van der Waals surface area contributed by atoms with Crippen LogP contribution in [0.25, 0.3) is 10.9 Å². The summed E-state index contributed by atoms with van der Waals surface area (Å²) in [5.74, 6) is -0.977. The molecule has 1 saturated heterocycles. The number of benzene rings is 1. The third-order valence-electron chi connectivity index (χ3n) is 8.09. The fourth-order valence-corrected chi connectivity index (χ4v) is 5.81. The van der Waals surface area contributed by atoms with Gasteiger partial charge in [0.2, 0.25) is 0 Å². The molecule has 0 radical (unpaired) electrons. The number of carbonyl (C=O) groups is 3. The van der Waals surface area contributed by atoms with E-state index < -0.39 is 17.4 Å². The van der Waals surface area contributed by atoms with E-state index in [2.05, 4.69) is 45.4 Å². The van der Waals surface area contributed by atoms with Gasteiger partial charge in [-0.2, -0.15) is 5.10 Å². The molecule has 2 aromatic heterocycles. The number of rotatable bonds is 8. The van der Waals surface area contributed by atoms with Crippen LogP contribution < -0.4 is 5.32 Å². The quantitative estimate of drug-likeness (QED) is 0.300. The minimum Gasteiger partial charge on any atom is -0.460 e. The molecular weight excluding hydrogens is 544 g/mol. The summed E-state index contributed by atoms with van der Waals surface area (Å²) < 4.78 is 7.49. The van der Waals surface area contributed by atoms with Gasteiger partial charge in [0.1, 0.15) is 5.60 Å². The molecule has 3 aromatic rings. The zero-order valence-corrected chi connectivity index (χ0v) is 26.2. The summed E-state index contributed by atoms with van der Waals surface area (Å²) in [5, 5.41) is 8.39. The lowest BCUT2D eigenvalue weighted by atomic mass is 9.89. The summed E-state index contributed by atoms with van der Waals surface area (Å²) in [7, 11) is 4.08. The zero-order valence-electron chi connectivity index (χ0n) is 26.2. The number of likely N-dealkylation sites (N-methyl/N-ethyl adjacent to an activating group) is 1. The van der Waals surface area contributed by atoms with Crippen LogP contribution in [0.5, 0.6) is 0 Å². The highest BCUT2D eigenvalue weighted by molar-refractivity contribution is 6.39. The maximum atomic E-state index is 13.6. The van der Waals surface area contributed by atoms with Gasteiger partial charge < -0.3 is 19.9 Å². The molecule has 3 heterocycles. The number of nitrogens with one attached hydrogen (secondary N) is 1. The monoisotopic (exact) mass is 588 g/mol. The average molecular weight is 589 g/mol. The summed E-state index contributed by atoms with van der Waals surface area (Å²) >= 11 is 0. The van der Waals surface area contributed by atoms with Crippen molar-refractivity contribution in [1.29, 1.82) is 0 Å². The van der Waals surface area contributed by atoms with E-state index in [9.17, 15) is 14.4 Å². The molecule has 2 amide bonds. The summed E-state index contributed by atoms with van der Waals surface area (Å²) in [6.07, 6.45) is 7.24. The second kappa shape index (κ2) is 12.4. The zero-order chi connectivity index (χ0) is 30.9. The van der Waals surface area contributed by atoms with Crippen molar-refractivity contribution in [2.75, 3.05) is 32.5 Å². The highest BCUT2D eigenvalue weighted by Crippen LogP contribution is 2.42. The first-order valence-corrected chi connectivity index (χ1v) is 15.3. The van der Waals surface area contributed by atoms with Gasteiger partial charge in [0, 0.05) is 18.5 Å². The van der Waals surface area contributed by atoms with Gasteiger partial charge in [0.05, 0.1) is 48.3 Å². The third kappa shape index (κ3) is 7.60. The van der Waals surface area contributed by atoms with E-state index >= 15 is 0 Å². The van der Waals surface area contributed by atoms with Crippen LogP contribution in [0.1, 0.15) is 82.2 Å². The van der Waals surface area contributed by atoms with Gasteiger partial charge in [-0.3, -0.25) is 24.0 Å². The maximum Gasteiger partial charge on any atom is 0.313 e. The van der Waals surface area contributed by atoms with Crippen LogP contribution in [0, 0.1) is 5.92 Å². The topological polar surface area (TPSA) is 110 Å². The molecule has 2 fully saturated rings. The standard InChI is InChI=1S/C33H44N6O4/c1-21-7-11-28(23-10-12-29-24(15-23)18-35-39(29)14-13-37(5)6)38(20-21)32(42)31(41)36-25-16-26(22-8-9-22)27(34-19-25)17-30(40)43-33(2,3)4/h10,12,15-16,18-19,21-22,28H,7-9,11,13-14,17,20H2,1-6H3,(H,36,41)/t21-,28+/m0/s1. The summed E-state index contributed by atoms with van der Waals surface area (Å²) in [6, 6.07) is 7.89. The van der Waals surface area contributed by atoms with E-state index in [1.54, 1.807) is 4.90 Å². The number of esters is 1. The Balaban J connectivity index is 1.31. The number of fused-ring (bicyclic) bond motifs is 1. The molecule has 230 valence electrons. The van der Waals surface area contributed by atoms with Crippen LogP contribution in [0.3, 0.4) is 0 Å². The molecule has 10 nitrogen and oxygen atoms in total. The normalized spacial score (nSPS) is 19.1. The number of likely N-dealkylation sites (tertiary alicyclic amines) is 1. The van der Waals surface area contributed by atoms with E-state index in [1.165, 1.54) is 6.20 Å². The van der Waals surface area contributed by atoms with E-state index in [0.717, 1.165) is 60.8 Å². The number of hydrogen-bond acceptors (Lipinski definition) is 7. The lowest BCUT2D eigenvalue weighted by Crippen LogP contribution is -2.46. The van der Waals surface area contributed by atoms with Crippen LogP contribution in [0.4, 0.5) is 5.69 Å². The number of aromatic nitrogens is 3. The fourth-order valence-electron chi connectivity index (χ4n) is 5.81. The van der Waals surface area contributed by atoms with E-state index in [0.29, 0.717) is 29.8 Å². The second-order valence-corrected chi connectivity index (χ2v) is 13.4. The molecule has 5 rings (SSSR count). The minimum absolute atomic E-state index is 0.0719. The first-order valence-electron chi connectivity index (χ1n) is 15.3. The number of amides is 2. The van der Waals surface area contributed by atoms with Crippen molar-refractivity contribution in [2.45, 2.75) is 83.9 Å². The SMILES string of the molecule is C[C@H]1CC[C@H](c2ccc3c(cnn3CCN(C)C)c2)N(C(=O)C(=O)Nc2cnc(CC(=O)OC(C)(C)C)c(C3CC3)c2)C1. The van der Waals surface area contributed by atoms with Gasteiger partial charge in [-0.1, -0.05) is 13.0 Å². The summed E-state index contributed by atoms with van der Waals surface area (Å²) in [5.41, 5.74) is 3.54. The number of nitrogens with zero attached hydrogens (tertiary/aromatic N) is 5. The Bertz CT molecular complexity index is 1500. The highest BCUT2D eigenvalue weighted by Gasteiger charge is 2.35. The molecule has 43 heavy (non-hydrogen) atoms. The Morgan fingerprint density at radius 3 is 2.53 bits per heavy atom. The van der Waals surface area contributed by atoms with Crippen LogP contribution in [0.2, 0.25) is 0 Å². The number of hydrogen-bond donors (Lipinski definition) is 1. The molecule has 1 N–H and O–H groups in total. The number of ether oxygens (including phenoxy) is 1. The van der Waals surface area contributed by atoms with Crippen molar-refractivity contribution >= 4 is 34.4 Å². The summed E-state index contributed by atoms with van der Waals surface area (Å²) in [4.78, 5) is 47.8. The van der Waals surface area contributed by atoms with Crippen molar-refractivity contribution in [3.63, 3.8) is 0 Å². The predicted octanol–water partition coefficient (Wildman–Crippen LogP) is 4.69. The molecular formula is C33H44N6O4. The Morgan fingerprint density at radius 1 is 1.07 bits per heavy atom. The highest BCUT2D eigenvalue weighted by atomic mass is 16.6. The molecule has 2 aliphatic rings. The molecule has 10 heteroatoms. The number of pyridine rings is 1. The smallest absolute Gasteiger partial charge is 0.313 e. The van der Waals surface area contributed by atoms with Gasteiger partial charge in [0.15, 0.2) is 0 Å². The van der Waals surface area contributed by atoms with Crippen LogP contribution >= 0.6 is 0 Å². The van der Waals surface area contributed by atoms with Crippen molar-refractivity contribution in [1.82, 2.24) is 24.6 Å². The van der Waals surface area contributed by atoms with Gasteiger partial charge in [-0.05, 0) is 102 Å². The van der Waals surface area contributed by atoms with Crippen molar-refractivity contribution in [3.8, 4) is 0 Å². The third-order valence-corrected chi connectivity index (χ3v) is 8.09. The number of carbonyl (C=O) groups excluding carboxylic acids is 3. The van der Waals surface area contributed by atoms with Gasteiger partial charge >= 0.3 is 17.8 Å². The number of piperidine rings is 1. The average Bonchev–Trinajstić information content (AvgIpc) is 3.70. The van der Waals surface area contributed by atoms with E-state index in [1.807, 2.05) is 51.8 Å². The lowest BCUT2D eigenvalue weighted by Gasteiger charge is -2.38. The van der Waals surface area contributed by atoms with Gasteiger partial charge in [-0.25, -0.2) is 0 Å². The first-order chi connectivity index (χ1) is 20.4. The Hall–Kier alpha value is -3.79. The Morgan fingerprint density at radius 2 is 1.84 bits per heavy atom.